The first-order valence-corrected chi connectivity index (χ1v) is 47.1. The monoisotopic (exact) mass is 1730 g/mol. The lowest BCUT2D eigenvalue weighted by Crippen LogP contribution is -2.25. The van der Waals surface area contributed by atoms with Crippen molar-refractivity contribution in [2.45, 2.75) is 24.7 Å². The van der Waals surface area contributed by atoms with Crippen LogP contribution in [0.25, 0.3) is 175 Å². The van der Waals surface area contributed by atoms with Crippen molar-refractivity contribution in [3.8, 4) is 78.1 Å². The van der Waals surface area contributed by atoms with Gasteiger partial charge in [-0.15, -0.1) is 11.3 Å². The number of fused-ring (bicyclic) bond motifs is 19. The molecule has 6 heteroatoms. The molecule has 21 aromatic carbocycles. The van der Waals surface area contributed by atoms with Crippen molar-refractivity contribution in [2.75, 3.05) is 9.80 Å². The predicted molar refractivity (Wildman–Crippen MR) is 565 cm³/mol. The highest BCUT2D eigenvalue weighted by atomic mass is 32.1. The van der Waals surface area contributed by atoms with E-state index in [1.165, 1.54) is 169 Å². The minimum Gasteiger partial charge on any atom is -0.454 e. The highest BCUT2D eigenvalue weighted by molar-refractivity contribution is 7.25. The minimum absolute atomic E-state index is 0.383. The van der Waals surface area contributed by atoms with Gasteiger partial charge < -0.3 is 23.4 Å². The van der Waals surface area contributed by atoms with Crippen LogP contribution in [0.15, 0.2) is 490 Å². The number of hydrogen-bond donors (Lipinski definition) is 0. The highest BCUT2D eigenvalue weighted by Crippen LogP contribution is 2.59. The van der Waals surface area contributed by atoms with E-state index in [4.69, 9.17) is 4.42 Å². The number of anilines is 6. The molecule has 5 nitrogen and oxygen atoms in total. The van der Waals surface area contributed by atoms with Crippen molar-refractivity contribution >= 4 is 142 Å². The molecule has 2 aliphatic rings. The highest BCUT2D eigenvalue weighted by Gasteiger charge is 2.45. The third-order valence-electron chi connectivity index (χ3n) is 28.7. The van der Waals surface area contributed by atoms with E-state index < -0.39 is 5.41 Å². The Balaban J connectivity index is 0.000000140. The predicted octanol–water partition coefficient (Wildman–Crippen LogP) is 35.3. The quantitative estimate of drug-likeness (QED) is 0.109. The Bertz CT molecular complexity index is 8890. The van der Waals surface area contributed by atoms with Gasteiger partial charge in [-0.05, 0) is 258 Å². The SMILES string of the molecule is CC1(c2ccccc2N(c2ccc(-c3ccc4c(c3)c3cc(-c5cccc6ccccc56)ccc3n4-c3ccccc3)cc2)c2ccc3c(c2)sc2ccccc23)c2ccccc2-c2ccccc21.CC1(c2ccccc2N(c2ccc(-c3ccc4c(c3)c3ccc(-c5ccccc5)cc3n4-c3ccccc3)cc2)c2cccc3c2oc2ccccc23)c2ccccc2-c2ccccc21. The standard InChI is InChI=1S/C66H44N2S.C62H42N2O/c1-66(58-25-10-7-21-52(58)53-22-8-11-26-59(53)66)60-27-12-13-28-63(60)67(49-36-37-55-54-23-9-14-29-64(54)69-65(55)42-49)48-34-30-43(31-35-48)45-32-38-61-56(40-45)57-41-46(51-24-15-17-44-16-5-6-20-50(44)51)33-39-62(57)68(61)47-18-3-2-4-19-47;1-62(53-25-11-8-21-47(53)48-22-9-12-26-54(48)62)55-27-13-14-28-57(55)64(58-29-16-24-51-50-23-10-15-30-60(50)65-61(51)58)46-35-31-42(32-36-46)43-34-38-56-52(39-43)49-37-33-44(41-17-4-2-5-18-41)40-59(49)63(56)45-19-6-3-7-20-45/h2-42H,1H3;2-40H,1H3. The summed E-state index contributed by atoms with van der Waals surface area (Å²) in [5.74, 6) is 0. The molecule has 4 heterocycles. The summed E-state index contributed by atoms with van der Waals surface area (Å²) in [5, 5.41) is 12.2. The molecule has 0 aliphatic heterocycles. The van der Waals surface area contributed by atoms with Gasteiger partial charge in [0.25, 0.3) is 0 Å². The zero-order valence-corrected chi connectivity index (χ0v) is 74.6. The molecule has 0 atom stereocenters. The number of thiophene rings is 1. The number of hydrogen-bond acceptors (Lipinski definition) is 4. The molecule has 2 aliphatic carbocycles. The van der Waals surface area contributed by atoms with Gasteiger partial charge in [-0.25, -0.2) is 0 Å². The largest absolute Gasteiger partial charge is 0.454 e. The van der Waals surface area contributed by atoms with Crippen molar-refractivity contribution in [1.82, 2.24) is 9.13 Å². The van der Waals surface area contributed by atoms with Crippen LogP contribution < -0.4 is 9.80 Å². The van der Waals surface area contributed by atoms with Crippen molar-refractivity contribution in [1.29, 1.82) is 0 Å². The molecular weight excluding hydrogens is 1640 g/mol. The fourth-order valence-corrected chi connectivity index (χ4v) is 23.6. The third-order valence-corrected chi connectivity index (χ3v) is 29.9. The Morgan fingerprint density at radius 1 is 0.216 bits per heavy atom. The van der Waals surface area contributed by atoms with E-state index >= 15 is 0 Å². The summed E-state index contributed by atoms with van der Waals surface area (Å²) in [7, 11) is 0. The molecule has 25 aromatic rings. The van der Waals surface area contributed by atoms with E-state index in [9.17, 15) is 0 Å². The zero-order valence-electron chi connectivity index (χ0n) is 73.8. The molecule has 0 fully saturated rings. The van der Waals surface area contributed by atoms with Gasteiger partial charge in [0.1, 0.15) is 5.58 Å². The number of benzene rings is 21. The van der Waals surface area contributed by atoms with Crippen LogP contribution in [0.3, 0.4) is 0 Å². The van der Waals surface area contributed by atoms with Crippen molar-refractivity contribution in [2.24, 2.45) is 0 Å². The first-order valence-electron chi connectivity index (χ1n) is 46.2. The van der Waals surface area contributed by atoms with Crippen LogP contribution in [0, 0.1) is 0 Å². The summed E-state index contributed by atoms with van der Waals surface area (Å²) < 4.78 is 14.2. The van der Waals surface area contributed by atoms with Crippen LogP contribution in [-0.4, -0.2) is 9.13 Å². The molecule has 27 rings (SSSR count). The average molecular weight is 1730 g/mol. The first kappa shape index (κ1) is 78.2. The summed E-state index contributed by atoms with van der Waals surface area (Å²) in [6, 6.07) is 178. The molecule has 0 saturated carbocycles. The topological polar surface area (TPSA) is 29.5 Å². The molecule has 0 saturated heterocycles. The van der Waals surface area contributed by atoms with E-state index in [0.717, 1.165) is 73.0 Å². The molecule has 0 bridgehead atoms. The van der Waals surface area contributed by atoms with Gasteiger partial charge in [0.05, 0.1) is 39.1 Å². The normalized spacial score (nSPS) is 12.8. The molecule has 0 unspecified atom stereocenters. The van der Waals surface area contributed by atoms with E-state index in [1.54, 1.807) is 0 Å². The van der Waals surface area contributed by atoms with Crippen LogP contribution in [-0.2, 0) is 10.8 Å². The molecule has 630 valence electrons. The molecule has 0 N–H and O–H groups in total. The van der Waals surface area contributed by atoms with Gasteiger partial charge in [-0.2, -0.15) is 0 Å². The van der Waals surface area contributed by atoms with E-state index in [0.29, 0.717) is 0 Å². The van der Waals surface area contributed by atoms with Crippen molar-refractivity contribution in [3.63, 3.8) is 0 Å². The summed E-state index contributed by atoms with van der Waals surface area (Å²) in [5.41, 5.74) is 37.1. The fourth-order valence-electron chi connectivity index (χ4n) is 22.4. The Hall–Kier alpha value is -16.9. The Morgan fingerprint density at radius 3 is 1.18 bits per heavy atom. The van der Waals surface area contributed by atoms with Crippen LogP contribution in [0.2, 0.25) is 0 Å². The molecular formula is C128H86N4OS. The number of aromatic nitrogens is 2. The molecule has 0 amide bonds. The molecule has 134 heavy (non-hydrogen) atoms. The van der Waals surface area contributed by atoms with Gasteiger partial charge in [0.15, 0.2) is 5.58 Å². The van der Waals surface area contributed by atoms with E-state index in [1.807, 2.05) is 17.4 Å². The summed E-state index contributed by atoms with van der Waals surface area (Å²) in [4.78, 5) is 4.91. The Kier molecular flexibility index (Phi) is 18.4. The second-order valence-corrected chi connectivity index (χ2v) is 37.0. The lowest BCUT2D eigenvalue weighted by molar-refractivity contribution is 0.668. The fraction of sp³-hybridized carbons (Fsp3) is 0.0312. The molecule has 0 radical (unpaired) electrons. The lowest BCUT2D eigenvalue weighted by Gasteiger charge is -2.35. The molecule has 4 aromatic heterocycles. The minimum atomic E-state index is -0.417. The maximum Gasteiger partial charge on any atom is 0.159 e. The van der Waals surface area contributed by atoms with Gasteiger partial charge >= 0.3 is 0 Å². The summed E-state index contributed by atoms with van der Waals surface area (Å²) in [6.45, 7) is 4.82. The summed E-state index contributed by atoms with van der Waals surface area (Å²) in [6.07, 6.45) is 0. The van der Waals surface area contributed by atoms with Gasteiger partial charge in [-0.3, -0.25) is 0 Å². The second-order valence-electron chi connectivity index (χ2n) is 35.9. The molecule has 0 spiro atoms. The van der Waals surface area contributed by atoms with Gasteiger partial charge in [0, 0.05) is 91.8 Å². The first-order chi connectivity index (χ1) is 66.2. The van der Waals surface area contributed by atoms with E-state index in [-0.39, 0.29) is 5.41 Å². The third kappa shape index (κ3) is 12.4. The smallest absolute Gasteiger partial charge is 0.159 e. The maximum atomic E-state index is 6.80. The van der Waals surface area contributed by atoms with Gasteiger partial charge in [-0.1, -0.05) is 352 Å². The van der Waals surface area contributed by atoms with Crippen molar-refractivity contribution in [3.05, 3.63) is 519 Å². The Labute approximate surface area is 781 Å². The van der Waals surface area contributed by atoms with Crippen LogP contribution in [0.4, 0.5) is 34.1 Å². The van der Waals surface area contributed by atoms with E-state index in [2.05, 4.69) is 512 Å². The lowest BCUT2D eigenvalue weighted by atomic mass is 9.73. The maximum absolute atomic E-state index is 6.80. The zero-order chi connectivity index (χ0) is 88.7. The van der Waals surface area contributed by atoms with Crippen LogP contribution in [0.1, 0.15) is 47.2 Å². The van der Waals surface area contributed by atoms with Gasteiger partial charge in [0.2, 0.25) is 0 Å². The number of nitrogens with zero attached hydrogens (tertiary/aromatic N) is 4. The number of furan rings is 1. The van der Waals surface area contributed by atoms with Crippen LogP contribution >= 0.6 is 11.3 Å². The summed E-state index contributed by atoms with van der Waals surface area (Å²) >= 11 is 1.87. The number of para-hydroxylation sites is 6. The number of rotatable bonds is 14. The Morgan fingerprint density at radius 2 is 0.590 bits per heavy atom. The average Bonchev–Trinajstić information content (AvgIpc) is 1.55. The second kappa shape index (κ2) is 31.5. The van der Waals surface area contributed by atoms with Crippen molar-refractivity contribution < 1.29 is 4.42 Å². The van der Waals surface area contributed by atoms with Crippen LogP contribution in [0.5, 0.6) is 0 Å².